The summed E-state index contributed by atoms with van der Waals surface area (Å²) in [6.07, 6.45) is -0.596. The molecule has 1 aliphatic rings. The topological polar surface area (TPSA) is 136 Å². The van der Waals surface area contributed by atoms with Crippen LogP contribution in [-0.4, -0.2) is 43.1 Å². The Morgan fingerprint density at radius 3 is 1.67 bits per heavy atom. The second-order valence-electron chi connectivity index (χ2n) is 4.71. The molecule has 1 rings (SSSR count). The van der Waals surface area contributed by atoms with Gasteiger partial charge in [0.15, 0.2) is 0 Å². The van der Waals surface area contributed by atoms with Crippen molar-refractivity contribution >= 4 is 23.8 Å². The SMILES string of the molecule is COC(=O)C1CC(C(=O)O)C(C(=O)N=O)CC1C(=O)OC. The zero-order chi connectivity index (χ0) is 16.2. The fourth-order valence-corrected chi connectivity index (χ4v) is 2.64. The fraction of sp³-hybridized carbons (Fsp3) is 0.667. The summed E-state index contributed by atoms with van der Waals surface area (Å²) >= 11 is 0. The molecule has 0 aromatic carbocycles. The Labute approximate surface area is 119 Å². The number of nitrogens with zero attached hydrogens (tertiary/aromatic N) is 1. The van der Waals surface area contributed by atoms with E-state index < -0.39 is 47.5 Å². The number of amides is 1. The van der Waals surface area contributed by atoms with Gasteiger partial charge in [-0.2, -0.15) is 0 Å². The third-order valence-electron chi connectivity index (χ3n) is 3.72. The summed E-state index contributed by atoms with van der Waals surface area (Å²) in [6, 6.07) is 0. The van der Waals surface area contributed by atoms with Gasteiger partial charge in [0.1, 0.15) is 0 Å². The van der Waals surface area contributed by atoms with Crippen molar-refractivity contribution in [2.24, 2.45) is 28.8 Å². The minimum absolute atomic E-state index is 0.298. The molecule has 1 N–H and O–H groups in total. The molecule has 21 heavy (non-hydrogen) atoms. The Morgan fingerprint density at radius 2 is 1.33 bits per heavy atom. The average molecular weight is 301 g/mol. The Hall–Kier alpha value is -2.32. The van der Waals surface area contributed by atoms with Gasteiger partial charge in [-0.15, -0.1) is 4.91 Å². The van der Waals surface area contributed by atoms with E-state index in [-0.39, 0.29) is 12.8 Å². The summed E-state index contributed by atoms with van der Waals surface area (Å²) in [5, 5.41) is 11.4. The molecule has 4 atom stereocenters. The van der Waals surface area contributed by atoms with Crippen LogP contribution in [0, 0.1) is 28.6 Å². The van der Waals surface area contributed by atoms with Crippen LogP contribution in [0.4, 0.5) is 0 Å². The lowest BCUT2D eigenvalue weighted by Crippen LogP contribution is -2.45. The zero-order valence-electron chi connectivity index (χ0n) is 11.5. The van der Waals surface area contributed by atoms with Crippen LogP contribution >= 0.6 is 0 Å². The molecule has 0 aromatic heterocycles. The standard InChI is InChI=1S/C12H15NO8/c1-20-11(17)7-3-5(9(14)13-19)6(10(15)16)4-8(7)12(18)21-2/h5-8H,3-4H2,1-2H3,(H,15,16). The smallest absolute Gasteiger partial charge is 0.309 e. The number of hydrogen-bond acceptors (Lipinski definition) is 7. The monoisotopic (exact) mass is 301 g/mol. The van der Waals surface area contributed by atoms with Gasteiger partial charge in [-0.05, 0) is 12.8 Å². The van der Waals surface area contributed by atoms with Crippen LogP contribution in [0.5, 0.6) is 0 Å². The Bertz CT molecular complexity index is 474. The zero-order valence-corrected chi connectivity index (χ0v) is 11.5. The first kappa shape index (κ1) is 16.7. The molecule has 9 nitrogen and oxygen atoms in total. The van der Waals surface area contributed by atoms with E-state index >= 15 is 0 Å². The van der Waals surface area contributed by atoms with Crippen LogP contribution in [0.2, 0.25) is 0 Å². The van der Waals surface area contributed by atoms with E-state index in [9.17, 15) is 24.1 Å². The second-order valence-corrected chi connectivity index (χ2v) is 4.71. The Kier molecular flexibility index (Phi) is 5.51. The normalized spacial score (nSPS) is 28.3. The lowest BCUT2D eigenvalue weighted by atomic mass is 9.67. The maximum atomic E-state index is 11.7. The fourth-order valence-electron chi connectivity index (χ4n) is 2.64. The average Bonchev–Trinajstić information content (AvgIpc) is 2.50. The molecular formula is C12H15NO8. The predicted octanol–water partition coefficient (Wildman–Crippen LogP) is -0.0314. The van der Waals surface area contributed by atoms with Crippen molar-refractivity contribution in [3.05, 3.63) is 4.91 Å². The van der Waals surface area contributed by atoms with Gasteiger partial charge in [0.2, 0.25) is 0 Å². The highest BCUT2D eigenvalue weighted by Crippen LogP contribution is 2.40. The molecule has 1 aliphatic carbocycles. The maximum Gasteiger partial charge on any atom is 0.309 e. The van der Waals surface area contributed by atoms with Crippen molar-refractivity contribution in [2.45, 2.75) is 12.8 Å². The first-order valence-electron chi connectivity index (χ1n) is 6.13. The summed E-state index contributed by atoms with van der Waals surface area (Å²) in [7, 11) is 2.21. The number of ether oxygens (including phenoxy) is 2. The number of hydrogen-bond donors (Lipinski definition) is 1. The maximum absolute atomic E-state index is 11.7. The van der Waals surface area contributed by atoms with Crippen molar-refractivity contribution in [1.29, 1.82) is 0 Å². The third kappa shape index (κ3) is 3.41. The predicted molar refractivity (Wildman–Crippen MR) is 65.7 cm³/mol. The Morgan fingerprint density at radius 1 is 0.905 bits per heavy atom. The van der Waals surface area contributed by atoms with Crippen LogP contribution in [0.1, 0.15) is 12.8 Å². The van der Waals surface area contributed by atoms with E-state index in [0.717, 1.165) is 14.2 Å². The summed E-state index contributed by atoms with van der Waals surface area (Å²) in [5.74, 6) is -8.65. The number of carboxylic acids is 1. The molecule has 9 heteroatoms. The quantitative estimate of drug-likeness (QED) is 0.564. The van der Waals surface area contributed by atoms with Crippen LogP contribution < -0.4 is 0 Å². The number of aliphatic carboxylic acids is 1. The summed E-state index contributed by atoms with van der Waals surface area (Å²) in [6.45, 7) is 0. The molecule has 0 aliphatic heterocycles. The van der Waals surface area contributed by atoms with Crippen LogP contribution in [0.3, 0.4) is 0 Å². The number of carbonyl (C=O) groups is 4. The van der Waals surface area contributed by atoms with Gasteiger partial charge in [0.25, 0.3) is 5.91 Å². The highest BCUT2D eigenvalue weighted by Gasteiger charge is 2.50. The number of methoxy groups -OCH3 is 2. The molecule has 1 saturated carbocycles. The second kappa shape index (κ2) is 6.91. The van der Waals surface area contributed by atoms with E-state index in [4.69, 9.17) is 5.11 Å². The van der Waals surface area contributed by atoms with Crippen molar-refractivity contribution in [3.8, 4) is 0 Å². The van der Waals surface area contributed by atoms with Crippen LogP contribution in [-0.2, 0) is 28.7 Å². The van der Waals surface area contributed by atoms with Crippen molar-refractivity contribution in [1.82, 2.24) is 0 Å². The number of esters is 2. The summed E-state index contributed by atoms with van der Waals surface area (Å²) in [5.41, 5.74) is 0. The van der Waals surface area contributed by atoms with Gasteiger partial charge in [0.05, 0.1) is 37.9 Å². The van der Waals surface area contributed by atoms with E-state index in [2.05, 4.69) is 14.7 Å². The van der Waals surface area contributed by atoms with Gasteiger partial charge in [-0.3, -0.25) is 19.2 Å². The summed E-state index contributed by atoms with van der Waals surface area (Å²) < 4.78 is 9.11. The molecule has 0 saturated heterocycles. The number of rotatable bonds is 4. The summed E-state index contributed by atoms with van der Waals surface area (Å²) in [4.78, 5) is 56.5. The highest BCUT2D eigenvalue weighted by atomic mass is 16.5. The Balaban J connectivity index is 3.15. The molecule has 0 spiro atoms. The largest absolute Gasteiger partial charge is 0.481 e. The first-order valence-corrected chi connectivity index (χ1v) is 6.13. The molecule has 4 unspecified atom stereocenters. The van der Waals surface area contributed by atoms with Gasteiger partial charge in [-0.25, -0.2) is 0 Å². The minimum atomic E-state index is -1.34. The van der Waals surface area contributed by atoms with E-state index in [1.165, 1.54) is 0 Å². The molecule has 1 fully saturated rings. The molecule has 1 amide bonds. The first-order chi connectivity index (χ1) is 9.87. The van der Waals surface area contributed by atoms with Gasteiger partial charge in [-0.1, -0.05) is 0 Å². The lowest BCUT2D eigenvalue weighted by molar-refractivity contribution is -0.166. The highest BCUT2D eigenvalue weighted by molar-refractivity contribution is 5.89. The molecular weight excluding hydrogens is 286 g/mol. The van der Waals surface area contributed by atoms with Gasteiger partial charge >= 0.3 is 17.9 Å². The third-order valence-corrected chi connectivity index (χ3v) is 3.72. The van der Waals surface area contributed by atoms with Crippen LogP contribution in [0.15, 0.2) is 5.18 Å². The van der Waals surface area contributed by atoms with E-state index in [0.29, 0.717) is 0 Å². The van der Waals surface area contributed by atoms with Crippen LogP contribution in [0.25, 0.3) is 0 Å². The number of carbonyl (C=O) groups excluding carboxylic acids is 3. The molecule has 0 aromatic rings. The molecule has 0 heterocycles. The molecule has 0 radical (unpaired) electrons. The number of nitroso groups, excluding NO2 is 1. The van der Waals surface area contributed by atoms with Gasteiger partial charge in [0, 0.05) is 5.18 Å². The van der Waals surface area contributed by atoms with E-state index in [1.54, 1.807) is 0 Å². The van der Waals surface area contributed by atoms with Crippen molar-refractivity contribution in [2.75, 3.05) is 14.2 Å². The lowest BCUT2D eigenvalue weighted by Gasteiger charge is -2.34. The number of carboxylic acid groups (broad SMARTS) is 1. The molecule has 0 bridgehead atoms. The minimum Gasteiger partial charge on any atom is -0.481 e. The van der Waals surface area contributed by atoms with E-state index in [1.807, 2.05) is 0 Å². The van der Waals surface area contributed by atoms with Gasteiger partial charge < -0.3 is 14.6 Å². The molecule has 116 valence electrons. The van der Waals surface area contributed by atoms with Crippen molar-refractivity contribution in [3.63, 3.8) is 0 Å². The van der Waals surface area contributed by atoms with Crippen molar-refractivity contribution < 1.29 is 33.8 Å².